The molecule has 7 nitrogen and oxygen atoms in total. The van der Waals surface area contributed by atoms with Crippen molar-refractivity contribution in [1.82, 2.24) is 9.34 Å². The zero-order valence-electron chi connectivity index (χ0n) is 13.9. The summed E-state index contributed by atoms with van der Waals surface area (Å²) in [4.78, 5) is 10.6. The van der Waals surface area contributed by atoms with Crippen LogP contribution in [0.5, 0.6) is 0 Å². The van der Waals surface area contributed by atoms with Crippen LogP contribution in [0.25, 0.3) is 10.8 Å². The molecule has 1 unspecified atom stereocenters. The summed E-state index contributed by atoms with van der Waals surface area (Å²) in [6.07, 6.45) is -7.28. The molecule has 2 aromatic carbocycles. The summed E-state index contributed by atoms with van der Waals surface area (Å²) in [6, 6.07) is 7.84. The van der Waals surface area contributed by atoms with Crippen LogP contribution in [0.4, 0.5) is 18.9 Å². The molecule has 1 atom stereocenters. The van der Waals surface area contributed by atoms with E-state index in [2.05, 4.69) is 0 Å². The lowest BCUT2D eigenvalue weighted by Gasteiger charge is -2.28. The Kier molecular flexibility index (Phi) is 4.27. The fourth-order valence-electron chi connectivity index (χ4n) is 3.03. The van der Waals surface area contributed by atoms with Gasteiger partial charge in [-0.1, -0.05) is 18.2 Å². The quantitative estimate of drug-likeness (QED) is 0.314. The lowest BCUT2D eigenvalue weighted by Crippen LogP contribution is -2.25. The molecule has 0 aliphatic carbocycles. The first kappa shape index (κ1) is 18.4. The van der Waals surface area contributed by atoms with Crippen molar-refractivity contribution >= 4 is 24.1 Å². The van der Waals surface area contributed by atoms with Gasteiger partial charge in [-0.25, -0.2) is 9.34 Å². The molecule has 0 aromatic heterocycles. The Morgan fingerprint density at radius 1 is 1.04 bits per heavy atom. The van der Waals surface area contributed by atoms with Gasteiger partial charge in [0.05, 0.1) is 10.3 Å². The topological polar surface area (TPSA) is 75.5 Å². The first-order valence-electron chi connectivity index (χ1n) is 8.24. The Morgan fingerprint density at radius 2 is 1.59 bits per heavy atom. The smallest absolute Gasteiger partial charge is 0.288 e. The monoisotopic (exact) mass is 401 g/mol. The second kappa shape index (κ2) is 6.27. The minimum Gasteiger partial charge on any atom is -0.288 e. The van der Waals surface area contributed by atoms with Gasteiger partial charge in [-0.3, -0.25) is 19.2 Å². The van der Waals surface area contributed by atoms with E-state index in [1.54, 1.807) is 0 Å². The van der Waals surface area contributed by atoms with Crippen LogP contribution in [0, 0.1) is 10.1 Å². The highest BCUT2D eigenvalue weighted by molar-refractivity contribution is 7.54. The van der Waals surface area contributed by atoms with E-state index in [9.17, 15) is 27.9 Å². The molecule has 0 amide bonds. The van der Waals surface area contributed by atoms with Gasteiger partial charge < -0.3 is 0 Å². The van der Waals surface area contributed by atoms with E-state index in [0.717, 1.165) is 12.1 Å². The van der Waals surface area contributed by atoms with Crippen LogP contribution in [0.15, 0.2) is 36.4 Å². The van der Waals surface area contributed by atoms with Gasteiger partial charge in [-0.05, 0) is 23.1 Å². The van der Waals surface area contributed by atoms with Gasteiger partial charge in [-0.2, -0.15) is 13.2 Å². The summed E-state index contributed by atoms with van der Waals surface area (Å²) in [5.74, 6) is 0. The summed E-state index contributed by atoms with van der Waals surface area (Å²) < 4.78 is 62.8. The molecule has 144 valence electrons. The molecular formula is C16H15F3N3O4P. The van der Waals surface area contributed by atoms with Crippen molar-refractivity contribution in [2.75, 3.05) is 26.2 Å². The average Bonchev–Trinajstić information content (AvgIpc) is 3.48. The Morgan fingerprint density at radius 3 is 2.07 bits per heavy atom. The van der Waals surface area contributed by atoms with E-state index in [1.807, 2.05) is 0 Å². The SMILES string of the molecule is O=[N+]([O-])c1ccc(C(OP(=O)(N2CC2)N2CC2)C(F)(F)F)c2ccccc12. The van der Waals surface area contributed by atoms with Gasteiger partial charge >= 0.3 is 13.8 Å². The molecule has 0 N–H and O–H groups in total. The van der Waals surface area contributed by atoms with Crippen molar-refractivity contribution in [1.29, 1.82) is 0 Å². The van der Waals surface area contributed by atoms with Crippen LogP contribution in [0.2, 0.25) is 0 Å². The Balaban J connectivity index is 1.83. The van der Waals surface area contributed by atoms with Gasteiger partial charge in [0, 0.05) is 32.2 Å². The fourth-order valence-corrected chi connectivity index (χ4v) is 5.35. The second-order valence-corrected chi connectivity index (χ2v) is 8.72. The number of benzene rings is 2. The second-order valence-electron chi connectivity index (χ2n) is 6.40. The van der Waals surface area contributed by atoms with E-state index in [1.165, 1.54) is 33.6 Å². The van der Waals surface area contributed by atoms with Gasteiger partial charge in [0.2, 0.25) is 0 Å². The van der Waals surface area contributed by atoms with Crippen LogP contribution in [0.1, 0.15) is 11.7 Å². The van der Waals surface area contributed by atoms with Gasteiger partial charge in [0.15, 0.2) is 6.10 Å². The predicted octanol–water partition coefficient (Wildman–Crippen LogP) is 4.11. The number of rotatable bonds is 6. The summed E-state index contributed by atoms with van der Waals surface area (Å²) >= 11 is 0. The van der Waals surface area contributed by atoms with Crippen LogP contribution >= 0.6 is 7.67 Å². The van der Waals surface area contributed by atoms with Crippen molar-refractivity contribution in [2.24, 2.45) is 0 Å². The standard InChI is InChI=1S/C16H15F3N3O4P/c17-16(18,19)15(26-27(25,20-7-8-20)21-9-10-21)13-5-6-14(22(23)24)12-4-2-1-3-11(12)13/h1-6,15H,7-10H2. The lowest BCUT2D eigenvalue weighted by molar-refractivity contribution is -0.383. The Labute approximate surface area is 152 Å². The van der Waals surface area contributed by atoms with E-state index in [4.69, 9.17) is 4.52 Å². The third-order valence-electron chi connectivity index (χ3n) is 4.52. The number of halogens is 3. The maximum atomic E-state index is 13.9. The normalized spacial score (nSPS) is 19.2. The third kappa shape index (κ3) is 3.34. The summed E-state index contributed by atoms with van der Waals surface area (Å²) in [7, 11) is -3.76. The van der Waals surface area contributed by atoms with Crippen LogP contribution in [-0.4, -0.2) is 46.6 Å². The first-order valence-corrected chi connectivity index (χ1v) is 9.77. The first-order chi connectivity index (χ1) is 12.7. The van der Waals surface area contributed by atoms with Crippen molar-refractivity contribution in [3.05, 3.63) is 52.1 Å². The molecule has 2 aromatic rings. The minimum atomic E-state index is -4.83. The Hall–Kier alpha value is -2.00. The minimum absolute atomic E-state index is 0.0529. The van der Waals surface area contributed by atoms with Gasteiger partial charge in [0.1, 0.15) is 0 Å². The molecule has 0 radical (unpaired) electrons. The zero-order chi connectivity index (χ0) is 19.4. The number of hydrogen-bond donors (Lipinski definition) is 0. The average molecular weight is 401 g/mol. The highest BCUT2D eigenvalue weighted by atomic mass is 31.2. The molecule has 4 rings (SSSR count). The van der Waals surface area contributed by atoms with Crippen LogP contribution in [0.3, 0.4) is 0 Å². The molecule has 2 aliphatic rings. The molecule has 27 heavy (non-hydrogen) atoms. The van der Waals surface area contributed by atoms with Crippen molar-refractivity contribution in [3.8, 4) is 0 Å². The van der Waals surface area contributed by atoms with Gasteiger partial charge in [-0.15, -0.1) is 0 Å². The van der Waals surface area contributed by atoms with E-state index in [0.29, 0.717) is 26.2 Å². The number of fused-ring (bicyclic) bond motifs is 1. The van der Waals surface area contributed by atoms with E-state index in [-0.39, 0.29) is 22.0 Å². The maximum absolute atomic E-state index is 13.9. The number of nitro groups is 1. The molecule has 2 saturated heterocycles. The molecule has 11 heteroatoms. The molecule has 2 heterocycles. The predicted molar refractivity (Wildman–Crippen MR) is 91.2 cm³/mol. The molecule has 2 fully saturated rings. The molecule has 2 aliphatic heterocycles. The van der Waals surface area contributed by atoms with Gasteiger partial charge in [0.25, 0.3) is 5.69 Å². The fraction of sp³-hybridized carbons (Fsp3) is 0.375. The van der Waals surface area contributed by atoms with Crippen LogP contribution in [-0.2, 0) is 9.09 Å². The summed E-state index contributed by atoms with van der Waals surface area (Å²) in [5, 5.41) is 11.3. The summed E-state index contributed by atoms with van der Waals surface area (Å²) in [5.41, 5.74) is -0.581. The van der Waals surface area contributed by atoms with Crippen molar-refractivity contribution in [2.45, 2.75) is 12.3 Å². The lowest BCUT2D eigenvalue weighted by atomic mass is 9.99. The number of non-ortho nitro benzene ring substituents is 1. The van der Waals surface area contributed by atoms with E-state index < -0.39 is 24.9 Å². The third-order valence-corrected chi connectivity index (χ3v) is 7.23. The number of alkyl halides is 3. The maximum Gasteiger partial charge on any atom is 0.419 e. The Bertz CT molecular complexity index is 944. The highest BCUT2D eigenvalue weighted by Crippen LogP contribution is 2.65. The number of nitro benzene ring substituents is 1. The molecule has 0 spiro atoms. The molecule has 0 bridgehead atoms. The van der Waals surface area contributed by atoms with E-state index >= 15 is 0 Å². The number of hydrogen-bond acceptors (Lipinski definition) is 4. The molecular weight excluding hydrogens is 386 g/mol. The highest BCUT2D eigenvalue weighted by Gasteiger charge is 2.55. The zero-order valence-corrected chi connectivity index (χ0v) is 14.8. The summed E-state index contributed by atoms with van der Waals surface area (Å²) in [6.45, 7) is 1.66. The van der Waals surface area contributed by atoms with Crippen LogP contribution < -0.4 is 0 Å². The largest absolute Gasteiger partial charge is 0.419 e. The van der Waals surface area contributed by atoms with Crippen molar-refractivity contribution in [3.63, 3.8) is 0 Å². The molecule has 0 saturated carbocycles. The van der Waals surface area contributed by atoms with Crippen molar-refractivity contribution < 1.29 is 27.2 Å². The number of nitrogens with zero attached hydrogens (tertiary/aromatic N) is 3.